The fraction of sp³-hybridized carbons (Fsp3) is 0.667. The summed E-state index contributed by atoms with van der Waals surface area (Å²) in [6, 6.07) is 0. The number of allylic oxidation sites excluding steroid dienone is 6. The molecule has 0 amide bonds. The number of carboxylic acids is 1. The summed E-state index contributed by atoms with van der Waals surface area (Å²) < 4.78 is 0. The van der Waals surface area contributed by atoms with Gasteiger partial charge in [-0.2, -0.15) is 0 Å². The fourth-order valence-electron chi connectivity index (χ4n) is 2.91. The third kappa shape index (κ3) is 11.9. The summed E-state index contributed by atoms with van der Waals surface area (Å²) in [5.74, 6) is 0.937. The average molecular weight is 319 g/mol. The highest BCUT2D eigenvalue weighted by Gasteiger charge is 2.34. The Kier molecular flexibility index (Phi) is 11.3. The molecule has 0 saturated heterocycles. The van der Waals surface area contributed by atoms with E-state index in [1.165, 1.54) is 38.5 Å². The van der Waals surface area contributed by atoms with Crippen LogP contribution < -0.4 is 0 Å². The molecule has 1 fully saturated rings. The summed E-state index contributed by atoms with van der Waals surface area (Å²) in [5, 5.41) is 8.62. The SMILES string of the molecule is CCCCC/C=C\C/C=C\C/C=C\CC1CC1CCCC(=O)O. The lowest BCUT2D eigenvalue weighted by molar-refractivity contribution is -0.137. The third-order valence-electron chi connectivity index (χ3n) is 4.49. The van der Waals surface area contributed by atoms with E-state index in [4.69, 9.17) is 5.11 Å². The molecule has 0 aromatic rings. The molecule has 1 aliphatic rings. The van der Waals surface area contributed by atoms with E-state index in [9.17, 15) is 4.79 Å². The predicted molar refractivity (Wildman–Crippen MR) is 98.5 cm³/mol. The summed E-state index contributed by atoms with van der Waals surface area (Å²) in [5.41, 5.74) is 0. The first-order valence-corrected chi connectivity index (χ1v) is 9.40. The highest BCUT2D eigenvalue weighted by Crippen LogP contribution is 2.44. The average Bonchev–Trinajstić information content (AvgIpc) is 3.26. The Labute approximate surface area is 142 Å². The first-order valence-electron chi connectivity index (χ1n) is 9.40. The van der Waals surface area contributed by atoms with Crippen molar-refractivity contribution in [2.45, 2.75) is 77.6 Å². The quantitative estimate of drug-likeness (QED) is 0.301. The van der Waals surface area contributed by atoms with Crippen molar-refractivity contribution in [3.05, 3.63) is 36.5 Å². The number of hydrogen-bond donors (Lipinski definition) is 1. The maximum Gasteiger partial charge on any atom is 0.303 e. The van der Waals surface area contributed by atoms with Gasteiger partial charge in [-0.05, 0) is 63.2 Å². The smallest absolute Gasteiger partial charge is 0.303 e. The molecule has 23 heavy (non-hydrogen) atoms. The molecular weight excluding hydrogens is 284 g/mol. The van der Waals surface area contributed by atoms with Gasteiger partial charge in [0, 0.05) is 6.42 Å². The van der Waals surface area contributed by atoms with Gasteiger partial charge in [-0.25, -0.2) is 0 Å². The van der Waals surface area contributed by atoms with Crippen molar-refractivity contribution >= 4 is 5.97 Å². The molecular formula is C21H34O2. The van der Waals surface area contributed by atoms with Gasteiger partial charge in [0.05, 0.1) is 0 Å². The standard InChI is InChI=1S/C21H34O2/c1-2-3-4-5-6-7-8-9-10-11-12-13-15-19-18-20(19)16-14-17-21(22)23/h6-7,9-10,12-13,19-20H,2-5,8,11,14-18H2,1H3,(H,22,23)/b7-6-,10-9-,13-12-. The Balaban J connectivity index is 1.91. The fourth-order valence-corrected chi connectivity index (χ4v) is 2.91. The number of carbonyl (C=O) groups is 1. The van der Waals surface area contributed by atoms with Crippen LogP contribution in [0.2, 0.25) is 0 Å². The zero-order chi connectivity index (χ0) is 16.8. The van der Waals surface area contributed by atoms with E-state index in [1.807, 2.05) is 0 Å². The topological polar surface area (TPSA) is 37.3 Å². The number of hydrogen-bond acceptors (Lipinski definition) is 1. The lowest BCUT2D eigenvalue weighted by Crippen LogP contribution is -1.94. The minimum Gasteiger partial charge on any atom is -0.481 e. The number of aliphatic carboxylic acids is 1. The second-order valence-electron chi connectivity index (χ2n) is 6.66. The van der Waals surface area contributed by atoms with Crippen LogP contribution in [0.25, 0.3) is 0 Å². The highest BCUT2D eigenvalue weighted by atomic mass is 16.4. The van der Waals surface area contributed by atoms with Crippen LogP contribution in [0, 0.1) is 11.8 Å². The molecule has 1 aliphatic carbocycles. The van der Waals surface area contributed by atoms with Crippen LogP contribution in [0.5, 0.6) is 0 Å². The molecule has 0 heterocycles. The maximum atomic E-state index is 10.5. The normalized spacial score (nSPS) is 20.9. The molecule has 1 N–H and O–H groups in total. The Hall–Kier alpha value is -1.31. The number of rotatable bonds is 14. The molecule has 0 aromatic heterocycles. The second kappa shape index (κ2) is 13.2. The van der Waals surface area contributed by atoms with Crippen LogP contribution >= 0.6 is 0 Å². The van der Waals surface area contributed by atoms with E-state index in [0.717, 1.165) is 37.5 Å². The third-order valence-corrected chi connectivity index (χ3v) is 4.49. The molecule has 1 saturated carbocycles. The first-order chi connectivity index (χ1) is 11.2. The lowest BCUT2D eigenvalue weighted by Gasteiger charge is -1.96. The maximum absolute atomic E-state index is 10.5. The van der Waals surface area contributed by atoms with Gasteiger partial charge in [0.1, 0.15) is 0 Å². The molecule has 1 rings (SSSR count). The molecule has 0 bridgehead atoms. The highest BCUT2D eigenvalue weighted by molar-refractivity contribution is 5.66. The van der Waals surface area contributed by atoms with Crippen LogP contribution in [0.3, 0.4) is 0 Å². The Bertz CT molecular complexity index is 393. The van der Waals surface area contributed by atoms with Crippen LogP contribution in [-0.2, 0) is 4.79 Å². The van der Waals surface area contributed by atoms with Gasteiger partial charge in [-0.1, -0.05) is 56.2 Å². The first kappa shape index (κ1) is 19.7. The van der Waals surface area contributed by atoms with E-state index in [-0.39, 0.29) is 0 Å². The zero-order valence-electron chi connectivity index (χ0n) is 14.8. The molecule has 2 nitrogen and oxygen atoms in total. The van der Waals surface area contributed by atoms with E-state index in [0.29, 0.717) is 6.42 Å². The van der Waals surface area contributed by atoms with Crippen molar-refractivity contribution < 1.29 is 9.90 Å². The van der Waals surface area contributed by atoms with Crippen molar-refractivity contribution in [2.24, 2.45) is 11.8 Å². The van der Waals surface area contributed by atoms with Crippen molar-refractivity contribution in [1.29, 1.82) is 0 Å². The van der Waals surface area contributed by atoms with Crippen LogP contribution in [-0.4, -0.2) is 11.1 Å². The van der Waals surface area contributed by atoms with Crippen LogP contribution in [0.1, 0.15) is 77.6 Å². The monoisotopic (exact) mass is 318 g/mol. The largest absolute Gasteiger partial charge is 0.481 e. The van der Waals surface area contributed by atoms with E-state index >= 15 is 0 Å². The Morgan fingerprint density at radius 3 is 2.35 bits per heavy atom. The van der Waals surface area contributed by atoms with Gasteiger partial charge in [0.15, 0.2) is 0 Å². The van der Waals surface area contributed by atoms with Gasteiger partial charge in [-0.15, -0.1) is 0 Å². The minimum absolute atomic E-state index is 0.330. The second-order valence-corrected chi connectivity index (χ2v) is 6.66. The summed E-state index contributed by atoms with van der Waals surface area (Å²) in [6.07, 6.45) is 25.6. The van der Waals surface area contributed by atoms with Crippen molar-refractivity contribution in [2.75, 3.05) is 0 Å². The lowest BCUT2D eigenvalue weighted by atomic mass is 10.1. The van der Waals surface area contributed by atoms with Crippen LogP contribution in [0.4, 0.5) is 0 Å². The van der Waals surface area contributed by atoms with E-state index in [2.05, 4.69) is 43.4 Å². The van der Waals surface area contributed by atoms with Crippen molar-refractivity contribution in [3.8, 4) is 0 Å². The molecule has 2 unspecified atom stereocenters. The van der Waals surface area contributed by atoms with Crippen molar-refractivity contribution in [3.63, 3.8) is 0 Å². The zero-order valence-corrected chi connectivity index (χ0v) is 14.8. The van der Waals surface area contributed by atoms with Gasteiger partial charge in [-0.3, -0.25) is 4.79 Å². The van der Waals surface area contributed by atoms with Gasteiger partial charge < -0.3 is 5.11 Å². The minimum atomic E-state index is -0.662. The summed E-state index contributed by atoms with van der Waals surface area (Å²) in [4.78, 5) is 10.5. The molecule has 0 spiro atoms. The summed E-state index contributed by atoms with van der Waals surface area (Å²) in [6.45, 7) is 2.24. The molecule has 0 aromatic carbocycles. The Morgan fingerprint density at radius 1 is 0.957 bits per heavy atom. The van der Waals surface area contributed by atoms with Crippen LogP contribution in [0.15, 0.2) is 36.5 Å². The van der Waals surface area contributed by atoms with Gasteiger partial charge in [0.2, 0.25) is 0 Å². The predicted octanol–water partition coefficient (Wildman–Crippen LogP) is 6.30. The van der Waals surface area contributed by atoms with Gasteiger partial charge in [0.25, 0.3) is 0 Å². The van der Waals surface area contributed by atoms with E-state index < -0.39 is 5.97 Å². The van der Waals surface area contributed by atoms with Crippen molar-refractivity contribution in [1.82, 2.24) is 0 Å². The Morgan fingerprint density at radius 2 is 1.65 bits per heavy atom. The number of unbranched alkanes of at least 4 members (excludes halogenated alkanes) is 3. The summed E-state index contributed by atoms with van der Waals surface area (Å²) >= 11 is 0. The van der Waals surface area contributed by atoms with E-state index in [1.54, 1.807) is 0 Å². The van der Waals surface area contributed by atoms with Gasteiger partial charge >= 0.3 is 5.97 Å². The summed E-state index contributed by atoms with van der Waals surface area (Å²) in [7, 11) is 0. The number of carboxylic acid groups (broad SMARTS) is 1. The molecule has 2 atom stereocenters. The molecule has 0 radical (unpaired) electrons. The molecule has 0 aliphatic heterocycles. The molecule has 2 heteroatoms. The molecule has 130 valence electrons.